The monoisotopic (exact) mass is 342 g/mol. The molecule has 1 N–H and O–H groups in total. The third-order valence-corrected chi connectivity index (χ3v) is 5.00. The number of nitrogens with zero attached hydrogens (tertiary/aromatic N) is 4. The molecule has 0 bridgehead atoms. The fourth-order valence-corrected chi connectivity index (χ4v) is 3.72. The molecular formula is C18H22N4O3. The van der Waals surface area contributed by atoms with Crippen molar-refractivity contribution in [2.24, 2.45) is 0 Å². The molecule has 0 unspecified atom stereocenters. The lowest BCUT2D eigenvalue weighted by Crippen LogP contribution is -2.39. The highest BCUT2D eigenvalue weighted by Crippen LogP contribution is 2.43. The first-order valence-corrected chi connectivity index (χ1v) is 8.62. The number of benzene rings is 1. The van der Waals surface area contributed by atoms with E-state index < -0.39 is 0 Å². The summed E-state index contributed by atoms with van der Waals surface area (Å²) in [7, 11) is 0. The van der Waals surface area contributed by atoms with Crippen molar-refractivity contribution in [3.63, 3.8) is 0 Å². The Morgan fingerprint density at radius 2 is 2.08 bits per heavy atom. The SMILES string of the molecule is CC1(C)Cc2ccc(C(=O)N3CCC(n4cncn4)CC3)c(O)c2O1. The Labute approximate surface area is 146 Å². The van der Waals surface area contributed by atoms with E-state index >= 15 is 0 Å². The molecular weight excluding hydrogens is 320 g/mol. The summed E-state index contributed by atoms with van der Waals surface area (Å²) in [6.07, 6.45) is 5.62. The lowest BCUT2D eigenvalue weighted by Gasteiger charge is -2.32. The van der Waals surface area contributed by atoms with Crippen LogP contribution in [0, 0.1) is 0 Å². The van der Waals surface area contributed by atoms with Gasteiger partial charge in [-0.15, -0.1) is 0 Å². The molecule has 0 aliphatic carbocycles. The van der Waals surface area contributed by atoms with Crippen LogP contribution in [-0.4, -0.2) is 49.4 Å². The number of ether oxygens (including phenoxy) is 1. The number of hydrogen-bond donors (Lipinski definition) is 1. The molecule has 0 radical (unpaired) electrons. The normalized spacial score (nSPS) is 19.5. The average molecular weight is 342 g/mol. The molecule has 132 valence electrons. The quantitative estimate of drug-likeness (QED) is 0.905. The number of carbonyl (C=O) groups is 1. The fourth-order valence-electron chi connectivity index (χ4n) is 3.72. The Balaban J connectivity index is 1.49. The molecule has 1 saturated heterocycles. The van der Waals surface area contributed by atoms with Gasteiger partial charge in [0.2, 0.25) is 0 Å². The molecule has 0 atom stereocenters. The Hall–Kier alpha value is -2.57. The minimum atomic E-state index is -0.350. The first kappa shape index (κ1) is 15.9. The van der Waals surface area contributed by atoms with Gasteiger partial charge in [-0.25, -0.2) is 9.67 Å². The van der Waals surface area contributed by atoms with E-state index in [1.807, 2.05) is 24.6 Å². The second kappa shape index (κ2) is 5.75. The first-order chi connectivity index (χ1) is 11.9. The van der Waals surface area contributed by atoms with E-state index in [1.165, 1.54) is 6.33 Å². The minimum Gasteiger partial charge on any atom is -0.504 e. The van der Waals surface area contributed by atoms with Crippen molar-refractivity contribution in [3.05, 3.63) is 35.9 Å². The predicted molar refractivity (Wildman–Crippen MR) is 90.7 cm³/mol. The van der Waals surface area contributed by atoms with Crippen LogP contribution in [0.4, 0.5) is 0 Å². The molecule has 2 aliphatic heterocycles. The summed E-state index contributed by atoms with van der Waals surface area (Å²) >= 11 is 0. The second-order valence-electron chi connectivity index (χ2n) is 7.39. The van der Waals surface area contributed by atoms with Gasteiger partial charge in [-0.1, -0.05) is 6.07 Å². The van der Waals surface area contributed by atoms with Gasteiger partial charge in [0.1, 0.15) is 18.3 Å². The average Bonchev–Trinajstić information content (AvgIpc) is 3.22. The third-order valence-electron chi connectivity index (χ3n) is 5.00. The molecule has 0 saturated carbocycles. The summed E-state index contributed by atoms with van der Waals surface area (Å²) in [4.78, 5) is 18.6. The van der Waals surface area contributed by atoms with E-state index in [1.54, 1.807) is 17.3 Å². The summed E-state index contributed by atoms with van der Waals surface area (Å²) in [5.74, 6) is 0.269. The lowest BCUT2D eigenvalue weighted by molar-refractivity contribution is 0.0684. The molecule has 1 amide bonds. The number of amides is 1. The van der Waals surface area contributed by atoms with E-state index in [4.69, 9.17) is 4.74 Å². The Morgan fingerprint density at radius 3 is 2.76 bits per heavy atom. The van der Waals surface area contributed by atoms with E-state index in [0.29, 0.717) is 24.4 Å². The highest BCUT2D eigenvalue weighted by atomic mass is 16.5. The van der Waals surface area contributed by atoms with Crippen LogP contribution in [0.1, 0.15) is 48.7 Å². The standard InChI is InChI=1S/C18H22N4O3/c1-18(2)9-12-3-4-14(15(23)16(12)25-18)17(24)21-7-5-13(6-8-21)22-11-19-10-20-22/h3-4,10-11,13,23H,5-9H2,1-2H3. The van der Waals surface area contributed by atoms with E-state index in [2.05, 4.69) is 10.1 Å². The third kappa shape index (κ3) is 2.83. The largest absolute Gasteiger partial charge is 0.504 e. The molecule has 4 rings (SSSR count). The number of hydrogen-bond acceptors (Lipinski definition) is 5. The molecule has 3 heterocycles. The highest BCUT2D eigenvalue weighted by molar-refractivity contribution is 5.98. The number of likely N-dealkylation sites (tertiary alicyclic amines) is 1. The van der Waals surface area contributed by atoms with Crippen LogP contribution in [0.25, 0.3) is 0 Å². The Kier molecular flexibility index (Phi) is 3.67. The summed E-state index contributed by atoms with van der Waals surface area (Å²) in [5, 5.41) is 14.7. The molecule has 1 aromatic carbocycles. The van der Waals surface area contributed by atoms with E-state index in [9.17, 15) is 9.90 Å². The zero-order chi connectivity index (χ0) is 17.6. The Morgan fingerprint density at radius 1 is 1.32 bits per heavy atom. The molecule has 7 heteroatoms. The van der Waals surface area contributed by atoms with Crippen molar-refractivity contribution < 1.29 is 14.6 Å². The number of rotatable bonds is 2. The molecule has 1 fully saturated rings. The summed E-state index contributed by atoms with van der Waals surface area (Å²) < 4.78 is 7.68. The van der Waals surface area contributed by atoms with Crippen LogP contribution in [0.3, 0.4) is 0 Å². The molecule has 7 nitrogen and oxygen atoms in total. The van der Waals surface area contributed by atoms with Crippen LogP contribution in [0.2, 0.25) is 0 Å². The van der Waals surface area contributed by atoms with Gasteiger partial charge in [-0.3, -0.25) is 4.79 Å². The smallest absolute Gasteiger partial charge is 0.257 e. The van der Waals surface area contributed by atoms with Crippen molar-refractivity contribution in [2.75, 3.05) is 13.1 Å². The predicted octanol–water partition coefficient (Wildman–Crippen LogP) is 2.17. The molecule has 2 aromatic rings. The first-order valence-electron chi connectivity index (χ1n) is 8.62. The summed E-state index contributed by atoms with van der Waals surface area (Å²) in [6.45, 7) is 5.21. The fraction of sp³-hybridized carbons (Fsp3) is 0.500. The van der Waals surface area contributed by atoms with E-state index in [0.717, 1.165) is 24.8 Å². The number of piperidine rings is 1. The topological polar surface area (TPSA) is 80.5 Å². The highest BCUT2D eigenvalue weighted by Gasteiger charge is 2.35. The van der Waals surface area contributed by atoms with Gasteiger partial charge in [0.15, 0.2) is 11.5 Å². The van der Waals surface area contributed by atoms with Crippen LogP contribution in [0.15, 0.2) is 24.8 Å². The van der Waals surface area contributed by atoms with Crippen LogP contribution < -0.4 is 4.74 Å². The van der Waals surface area contributed by atoms with Crippen LogP contribution in [0.5, 0.6) is 11.5 Å². The van der Waals surface area contributed by atoms with Crippen LogP contribution in [-0.2, 0) is 6.42 Å². The van der Waals surface area contributed by atoms with Crippen molar-refractivity contribution in [1.29, 1.82) is 0 Å². The van der Waals surface area contributed by atoms with Gasteiger partial charge < -0.3 is 14.7 Å². The van der Waals surface area contributed by atoms with Crippen LogP contribution >= 0.6 is 0 Å². The van der Waals surface area contributed by atoms with Crippen molar-refractivity contribution in [1.82, 2.24) is 19.7 Å². The van der Waals surface area contributed by atoms with Crippen molar-refractivity contribution in [3.8, 4) is 11.5 Å². The summed E-state index contributed by atoms with van der Waals surface area (Å²) in [5.41, 5.74) is 0.914. The van der Waals surface area contributed by atoms with E-state index in [-0.39, 0.29) is 23.3 Å². The van der Waals surface area contributed by atoms with Gasteiger partial charge in [-0.05, 0) is 32.8 Å². The number of phenolic OH excluding ortho intramolecular Hbond substituents is 1. The van der Waals surface area contributed by atoms with Gasteiger partial charge in [0.05, 0.1) is 11.6 Å². The Bertz CT molecular complexity index is 793. The maximum absolute atomic E-state index is 12.9. The van der Waals surface area contributed by atoms with Gasteiger partial charge in [0.25, 0.3) is 5.91 Å². The van der Waals surface area contributed by atoms with Crippen molar-refractivity contribution >= 4 is 5.91 Å². The minimum absolute atomic E-state index is 0.0357. The van der Waals surface area contributed by atoms with Gasteiger partial charge in [0, 0.05) is 25.1 Å². The molecule has 25 heavy (non-hydrogen) atoms. The van der Waals surface area contributed by atoms with Gasteiger partial charge >= 0.3 is 0 Å². The zero-order valence-corrected chi connectivity index (χ0v) is 14.5. The second-order valence-corrected chi connectivity index (χ2v) is 7.39. The maximum Gasteiger partial charge on any atom is 0.257 e. The number of aromatic nitrogens is 3. The number of carbonyl (C=O) groups excluding carboxylic acids is 1. The molecule has 0 spiro atoms. The molecule has 1 aromatic heterocycles. The summed E-state index contributed by atoms with van der Waals surface area (Å²) in [6, 6.07) is 3.87. The zero-order valence-electron chi connectivity index (χ0n) is 14.5. The molecule has 2 aliphatic rings. The maximum atomic E-state index is 12.9. The lowest BCUT2D eigenvalue weighted by atomic mass is 9.99. The number of aromatic hydroxyl groups is 1. The van der Waals surface area contributed by atoms with Crippen molar-refractivity contribution in [2.45, 2.75) is 44.8 Å². The van der Waals surface area contributed by atoms with Gasteiger partial charge in [-0.2, -0.15) is 5.10 Å². The number of fused-ring (bicyclic) bond motifs is 1. The number of phenols is 1.